The molecule has 0 unspecified atom stereocenters. The highest BCUT2D eigenvalue weighted by molar-refractivity contribution is 7.17. The van der Waals surface area contributed by atoms with Gasteiger partial charge in [0.15, 0.2) is 0 Å². The van der Waals surface area contributed by atoms with Crippen LogP contribution >= 0.6 is 11.3 Å². The highest BCUT2D eigenvalue weighted by Gasteiger charge is 2.19. The molecule has 0 saturated heterocycles. The van der Waals surface area contributed by atoms with Crippen molar-refractivity contribution in [2.24, 2.45) is 0 Å². The van der Waals surface area contributed by atoms with Crippen LogP contribution in [0.5, 0.6) is 0 Å². The Balaban J connectivity index is 1.67. The molecule has 160 valence electrons. The van der Waals surface area contributed by atoms with Crippen molar-refractivity contribution in [1.82, 2.24) is 9.55 Å². The maximum absolute atomic E-state index is 13.7. The topological polar surface area (TPSA) is 85.3 Å². The van der Waals surface area contributed by atoms with E-state index in [2.05, 4.69) is 24.3 Å². The molecule has 0 aliphatic rings. The number of carboxylic acid groups (broad SMARTS) is 1. The summed E-state index contributed by atoms with van der Waals surface area (Å²) in [6.45, 7) is 2.17. The van der Waals surface area contributed by atoms with E-state index in [-0.39, 0.29) is 17.9 Å². The van der Waals surface area contributed by atoms with Crippen molar-refractivity contribution in [2.45, 2.75) is 26.3 Å². The summed E-state index contributed by atoms with van der Waals surface area (Å²) in [5, 5.41) is 13.9. The van der Waals surface area contributed by atoms with Crippen LogP contribution in [-0.4, -0.2) is 20.6 Å². The van der Waals surface area contributed by atoms with Crippen LogP contribution in [-0.2, 0) is 13.0 Å². The van der Waals surface area contributed by atoms with Crippen molar-refractivity contribution in [3.05, 3.63) is 87.7 Å². The Morgan fingerprint density at radius 1 is 1.12 bits per heavy atom. The molecule has 0 amide bonds. The van der Waals surface area contributed by atoms with Crippen LogP contribution in [0.1, 0.15) is 35.5 Å². The van der Waals surface area contributed by atoms with Crippen LogP contribution in [0.4, 0.5) is 0 Å². The Morgan fingerprint density at radius 3 is 2.69 bits per heavy atom. The zero-order valence-corrected chi connectivity index (χ0v) is 18.2. The summed E-state index contributed by atoms with van der Waals surface area (Å²) in [5.74, 6) is -0.204. The molecule has 6 nitrogen and oxygen atoms in total. The van der Waals surface area contributed by atoms with Gasteiger partial charge in [0, 0.05) is 17.4 Å². The van der Waals surface area contributed by atoms with Gasteiger partial charge in [-0.25, -0.2) is 9.78 Å². The van der Waals surface area contributed by atoms with Gasteiger partial charge in [0.25, 0.3) is 5.56 Å². The number of rotatable bonds is 6. The minimum atomic E-state index is -1.14. The predicted molar refractivity (Wildman–Crippen MR) is 126 cm³/mol. The van der Waals surface area contributed by atoms with Crippen LogP contribution in [0, 0.1) is 0 Å². The number of aromatic carboxylic acids is 1. The Bertz CT molecular complexity index is 1530. The molecule has 0 atom stereocenters. The van der Waals surface area contributed by atoms with E-state index in [0.717, 1.165) is 28.3 Å². The molecule has 1 N–H and O–H groups in total. The van der Waals surface area contributed by atoms with Crippen molar-refractivity contribution in [3.63, 3.8) is 0 Å². The number of hydrogen-bond acceptors (Lipinski definition) is 5. The first-order chi connectivity index (χ1) is 15.5. The summed E-state index contributed by atoms with van der Waals surface area (Å²) in [4.78, 5) is 30.3. The molecule has 0 aliphatic carbocycles. The fourth-order valence-corrected chi connectivity index (χ4v) is 4.90. The standard InChI is InChI=1S/C25H20N2O4S/c1-2-5-21-26-23-22(24(28)27(21)13-18-10-11-20(31-18)25(29)30)19(14-32-23)17-9-8-15-6-3-4-7-16(15)12-17/h3-4,6-12,14H,2,5,13H2,1H3,(H,29,30). The lowest BCUT2D eigenvalue weighted by Gasteiger charge is -2.11. The molecule has 3 aromatic heterocycles. The van der Waals surface area contributed by atoms with Gasteiger partial charge in [0.2, 0.25) is 5.76 Å². The van der Waals surface area contributed by atoms with Gasteiger partial charge in [-0.15, -0.1) is 11.3 Å². The number of carboxylic acids is 1. The van der Waals surface area contributed by atoms with E-state index < -0.39 is 5.97 Å². The molecule has 0 spiro atoms. The summed E-state index contributed by atoms with van der Waals surface area (Å²) >= 11 is 1.47. The minimum absolute atomic E-state index is 0.136. The predicted octanol–water partition coefficient (Wildman–Crippen LogP) is 5.57. The van der Waals surface area contributed by atoms with Crippen LogP contribution < -0.4 is 5.56 Å². The van der Waals surface area contributed by atoms with E-state index in [4.69, 9.17) is 14.5 Å². The summed E-state index contributed by atoms with van der Waals surface area (Å²) in [6, 6.07) is 17.3. The molecule has 2 aromatic carbocycles. The summed E-state index contributed by atoms with van der Waals surface area (Å²) in [5.41, 5.74) is 1.68. The van der Waals surface area contributed by atoms with Gasteiger partial charge in [-0.1, -0.05) is 43.3 Å². The third-order valence-corrected chi connectivity index (χ3v) is 6.37. The Labute approximate surface area is 187 Å². The molecule has 0 bridgehead atoms. The number of aryl methyl sites for hydroxylation is 1. The number of hydrogen-bond donors (Lipinski definition) is 1. The zero-order chi connectivity index (χ0) is 22.2. The average molecular weight is 445 g/mol. The summed E-state index contributed by atoms with van der Waals surface area (Å²) < 4.78 is 7.01. The number of fused-ring (bicyclic) bond motifs is 2. The molecule has 5 aromatic rings. The Kier molecular flexibility index (Phi) is 5.11. The highest BCUT2D eigenvalue weighted by Crippen LogP contribution is 2.33. The van der Waals surface area contributed by atoms with Gasteiger partial charge in [-0.2, -0.15) is 0 Å². The van der Waals surface area contributed by atoms with Gasteiger partial charge >= 0.3 is 5.97 Å². The van der Waals surface area contributed by atoms with E-state index >= 15 is 0 Å². The first kappa shape index (κ1) is 20.2. The number of furan rings is 1. The van der Waals surface area contributed by atoms with E-state index in [9.17, 15) is 9.59 Å². The normalized spacial score (nSPS) is 11.4. The van der Waals surface area contributed by atoms with Crippen molar-refractivity contribution in [1.29, 1.82) is 0 Å². The molecule has 0 radical (unpaired) electrons. The SMILES string of the molecule is CCCc1nc2scc(-c3ccc4ccccc4c3)c2c(=O)n1Cc1ccc(C(=O)O)o1. The van der Waals surface area contributed by atoms with Gasteiger partial charge in [-0.05, 0) is 41.0 Å². The van der Waals surface area contributed by atoms with E-state index in [0.29, 0.717) is 28.2 Å². The van der Waals surface area contributed by atoms with Crippen molar-refractivity contribution >= 4 is 38.3 Å². The molecule has 0 saturated carbocycles. The second-order valence-electron chi connectivity index (χ2n) is 7.63. The second kappa shape index (κ2) is 8.09. The lowest BCUT2D eigenvalue weighted by atomic mass is 10.0. The third kappa shape index (κ3) is 3.50. The highest BCUT2D eigenvalue weighted by atomic mass is 32.1. The lowest BCUT2D eigenvalue weighted by Crippen LogP contribution is -2.25. The fourth-order valence-electron chi connectivity index (χ4n) is 3.95. The number of nitrogens with zero attached hydrogens (tertiary/aromatic N) is 2. The molecule has 7 heteroatoms. The zero-order valence-electron chi connectivity index (χ0n) is 17.4. The molecule has 0 aliphatic heterocycles. The largest absolute Gasteiger partial charge is 0.475 e. The third-order valence-electron chi connectivity index (χ3n) is 5.49. The number of benzene rings is 2. The summed E-state index contributed by atoms with van der Waals surface area (Å²) in [7, 11) is 0. The Hall–Kier alpha value is -3.71. The van der Waals surface area contributed by atoms with E-state index in [1.807, 2.05) is 30.5 Å². The van der Waals surface area contributed by atoms with Crippen LogP contribution in [0.25, 0.3) is 32.1 Å². The molecule has 0 fully saturated rings. The monoisotopic (exact) mass is 444 g/mol. The smallest absolute Gasteiger partial charge is 0.371 e. The molecule has 32 heavy (non-hydrogen) atoms. The molecule has 5 rings (SSSR count). The molecule has 3 heterocycles. The lowest BCUT2D eigenvalue weighted by molar-refractivity contribution is 0.0660. The van der Waals surface area contributed by atoms with Crippen LogP contribution in [0.3, 0.4) is 0 Å². The van der Waals surface area contributed by atoms with Gasteiger partial charge in [-0.3, -0.25) is 9.36 Å². The van der Waals surface area contributed by atoms with Crippen LogP contribution in [0.2, 0.25) is 0 Å². The fraction of sp³-hybridized carbons (Fsp3) is 0.160. The number of thiophene rings is 1. The first-order valence-corrected chi connectivity index (χ1v) is 11.2. The van der Waals surface area contributed by atoms with Gasteiger partial charge < -0.3 is 9.52 Å². The van der Waals surface area contributed by atoms with Gasteiger partial charge in [0.05, 0.1) is 11.9 Å². The molecular weight excluding hydrogens is 424 g/mol. The molecular formula is C25H20N2O4S. The van der Waals surface area contributed by atoms with Gasteiger partial charge in [0.1, 0.15) is 16.4 Å². The number of carbonyl (C=O) groups is 1. The maximum atomic E-state index is 13.7. The van der Waals surface area contributed by atoms with E-state index in [1.54, 1.807) is 10.6 Å². The van der Waals surface area contributed by atoms with Crippen molar-refractivity contribution in [2.75, 3.05) is 0 Å². The van der Waals surface area contributed by atoms with E-state index in [1.165, 1.54) is 17.4 Å². The minimum Gasteiger partial charge on any atom is -0.475 e. The van der Waals surface area contributed by atoms with Crippen LogP contribution in [0.15, 0.2) is 69.2 Å². The quantitative estimate of drug-likeness (QED) is 0.370. The average Bonchev–Trinajstić information content (AvgIpc) is 3.44. The van der Waals surface area contributed by atoms with Crippen molar-refractivity contribution < 1.29 is 14.3 Å². The van der Waals surface area contributed by atoms with Crippen molar-refractivity contribution in [3.8, 4) is 11.1 Å². The first-order valence-electron chi connectivity index (χ1n) is 10.4. The maximum Gasteiger partial charge on any atom is 0.371 e. The number of aromatic nitrogens is 2. The summed E-state index contributed by atoms with van der Waals surface area (Å²) in [6.07, 6.45) is 1.47. The second-order valence-corrected chi connectivity index (χ2v) is 8.49. The Morgan fingerprint density at radius 2 is 1.94 bits per heavy atom.